The summed E-state index contributed by atoms with van der Waals surface area (Å²) in [6, 6.07) is 23.3. The molecule has 0 unspecified atom stereocenters. The highest BCUT2D eigenvalue weighted by atomic mass is 79.9. The normalized spacial score (nSPS) is 15.2. The van der Waals surface area contributed by atoms with E-state index in [4.69, 9.17) is 16.6 Å². The van der Waals surface area contributed by atoms with E-state index in [1.165, 1.54) is 11.3 Å². The molecular weight excluding hydrogens is 560 g/mol. The summed E-state index contributed by atoms with van der Waals surface area (Å²) in [6.07, 6.45) is 1.80. The molecule has 1 aliphatic rings. The second-order valence-electron chi connectivity index (χ2n) is 6.87. The van der Waals surface area contributed by atoms with Crippen molar-refractivity contribution in [2.45, 2.75) is 0 Å². The number of benzene rings is 3. The Morgan fingerprint density at radius 1 is 0.903 bits per heavy atom. The number of amidine groups is 1. The summed E-state index contributed by atoms with van der Waals surface area (Å²) in [6.45, 7) is 0. The van der Waals surface area contributed by atoms with Crippen LogP contribution >= 0.6 is 54.8 Å². The van der Waals surface area contributed by atoms with Gasteiger partial charge in [0.05, 0.1) is 15.6 Å². The quantitative estimate of drug-likeness (QED) is 0.230. The highest BCUT2D eigenvalue weighted by Crippen LogP contribution is 2.39. The van der Waals surface area contributed by atoms with Gasteiger partial charge < -0.3 is 0 Å². The Balaban J connectivity index is 1.68. The van der Waals surface area contributed by atoms with Crippen LogP contribution in [0.4, 0.5) is 5.69 Å². The Labute approximate surface area is 204 Å². The molecule has 2 heterocycles. The smallest absolute Gasteiger partial charge is 0.266 e. The van der Waals surface area contributed by atoms with Crippen LogP contribution in [0.5, 0.6) is 0 Å². The van der Waals surface area contributed by atoms with Gasteiger partial charge in [-0.1, -0.05) is 73.8 Å². The van der Waals surface area contributed by atoms with E-state index >= 15 is 0 Å². The largest absolute Gasteiger partial charge is 0.282 e. The number of fused-ring (bicyclic) bond motifs is 1. The first-order chi connectivity index (χ1) is 15.0. The van der Waals surface area contributed by atoms with Gasteiger partial charge in [-0.25, -0.2) is 4.99 Å². The van der Waals surface area contributed by atoms with Crippen LogP contribution in [-0.4, -0.2) is 11.7 Å². The summed E-state index contributed by atoms with van der Waals surface area (Å²) in [5, 5.41) is 1.57. The van der Waals surface area contributed by atoms with Gasteiger partial charge in [-0.05, 0) is 54.1 Å². The van der Waals surface area contributed by atoms with E-state index in [0.29, 0.717) is 16.6 Å². The summed E-state index contributed by atoms with van der Waals surface area (Å²) in [5.74, 6) is 0.357. The minimum absolute atomic E-state index is 0.186. The molecule has 31 heavy (non-hydrogen) atoms. The SMILES string of the molecule is O=C1/C(=C\c2ccc(Br)cc2)N=C(c2sc3ccccc3c2Cl)N1c1ccc(Br)cc1. The first kappa shape index (κ1) is 20.6. The van der Waals surface area contributed by atoms with Crippen LogP contribution in [0.1, 0.15) is 10.4 Å². The number of amides is 1. The van der Waals surface area contributed by atoms with Gasteiger partial charge in [-0.15, -0.1) is 11.3 Å². The first-order valence-corrected chi connectivity index (χ1v) is 12.1. The molecular formula is C24H13Br2ClN2OS. The van der Waals surface area contributed by atoms with E-state index in [1.54, 1.807) is 11.0 Å². The monoisotopic (exact) mass is 570 g/mol. The molecule has 0 bridgehead atoms. The van der Waals surface area contributed by atoms with Crippen molar-refractivity contribution < 1.29 is 4.79 Å². The van der Waals surface area contributed by atoms with Crippen molar-refractivity contribution in [1.82, 2.24) is 0 Å². The fraction of sp³-hybridized carbons (Fsp3) is 0. The van der Waals surface area contributed by atoms with Crippen molar-refractivity contribution in [3.63, 3.8) is 0 Å². The summed E-state index contributed by atoms with van der Waals surface area (Å²) >= 11 is 15.2. The van der Waals surface area contributed by atoms with Crippen molar-refractivity contribution in [2.24, 2.45) is 4.99 Å². The third-order valence-electron chi connectivity index (χ3n) is 4.86. The maximum atomic E-state index is 13.5. The number of rotatable bonds is 3. The van der Waals surface area contributed by atoms with E-state index in [2.05, 4.69) is 31.9 Å². The molecule has 7 heteroatoms. The molecule has 1 aliphatic heterocycles. The topological polar surface area (TPSA) is 32.7 Å². The molecule has 4 aromatic rings. The molecule has 3 nitrogen and oxygen atoms in total. The van der Waals surface area contributed by atoms with Crippen molar-refractivity contribution in [3.8, 4) is 0 Å². The van der Waals surface area contributed by atoms with Crippen LogP contribution in [0, 0.1) is 0 Å². The standard InChI is InChI=1S/C24H13Br2ClN2OS/c25-15-7-5-14(6-8-15)13-19-24(30)29(17-11-9-16(26)10-12-17)23(28-19)22-21(27)18-3-1-2-4-20(18)31-22/h1-13H/b19-13+. The third kappa shape index (κ3) is 3.89. The molecule has 0 aliphatic carbocycles. The van der Waals surface area contributed by atoms with Crippen LogP contribution in [0.2, 0.25) is 5.02 Å². The van der Waals surface area contributed by atoms with Gasteiger partial charge in [0, 0.05) is 19.0 Å². The average Bonchev–Trinajstić information content (AvgIpc) is 3.28. The third-order valence-corrected chi connectivity index (χ3v) is 7.59. The highest BCUT2D eigenvalue weighted by molar-refractivity contribution is 9.10. The maximum absolute atomic E-state index is 13.5. The lowest BCUT2D eigenvalue weighted by Crippen LogP contribution is -2.32. The van der Waals surface area contributed by atoms with Gasteiger partial charge in [0.1, 0.15) is 5.70 Å². The predicted molar refractivity (Wildman–Crippen MR) is 137 cm³/mol. The molecule has 1 aromatic heterocycles. The summed E-state index contributed by atoms with van der Waals surface area (Å²) in [4.78, 5) is 20.6. The van der Waals surface area contributed by atoms with Gasteiger partial charge >= 0.3 is 0 Å². The minimum Gasteiger partial charge on any atom is -0.266 e. The molecule has 0 spiro atoms. The number of hydrogen-bond acceptors (Lipinski definition) is 3. The highest BCUT2D eigenvalue weighted by Gasteiger charge is 2.34. The summed E-state index contributed by atoms with van der Waals surface area (Å²) in [5.41, 5.74) is 2.00. The zero-order chi connectivity index (χ0) is 21.5. The Morgan fingerprint density at radius 3 is 2.23 bits per heavy atom. The van der Waals surface area contributed by atoms with Crippen LogP contribution < -0.4 is 4.90 Å². The molecule has 3 aromatic carbocycles. The van der Waals surface area contributed by atoms with Crippen LogP contribution in [0.3, 0.4) is 0 Å². The lowest BCUT2D eigenvalue weighted by molar-refractivity contribution is -0.113. The zero-order valence-electron chi connectivity index (χ0n) is 15.9. The zero-order valence-corrected chi connectivity index (χ0v) is 20.6. The molecule has 0 saturated heterocycles. The second-order valence-corrected chi connectivity index (χ2v) is 10.1. The number of aliphatic imine (C=N–C) groups is 1. The molecule has 0 radical (unpaired) electrons. The van der Waals surface area contributed by atoms with Crippen molar-refractivity contribution in [1.29, 1.82) is 0 Å². The molecule has 5 rings (SSSR count). The Kier molecular flexibility index (Phi) is 5.56. The lowest BCUT2D eigenvalue weighted by atomic mass is 10.2. The number of carbonyl (C=O) groups is 1. The number of hydrogen-bond donors (Lipinski definition) is 0. The molecule has 0 N–H and O–H groups in total. The van der Waals surface area contributed by atoms with Crippen molar-refractivity contribution in [2.75, 3.05) is 4.90 Å². The number of thiophene rings is 1. The van der Waals surface area contributed by atoms with Crippen LogP contribution in [0.15, 0.2) is 92.4 Å². The lowest BCUT2D eigenvalue weighted by Gasteiger charge is -2.18. The Hall–Kier alpha value is -2.25. The van der Waals surface area contributed by atoms with E-state index in [9.17, 15) is 4.79 Å². The van der Waals surface area contributed by atoms with Gasteiger partial charge in [-0.2, -0.15) is 0 Å². The molecule has 0 fully saturated rings. The van der Waals surface area contributed by atoms with Gasteiger partial charge in [0.25, 0.3) is 5.91 Å². The van der Waals surface area contributed by atoms with E-state index < -0.39 is 0 Å². The van der Waals surface area contributed by atoms with Crippen molar-refractivity contribution in [3.05, 3.63) is 103 Å². The Bertz CT molecular complexity index is 1380. The van der Waals surface area contributed by atoms with E-state index in [1.807, 2.05) is 72.8 Å². The summed E-state index contributed by atoms with van der Waals surface area (Å²) < 4.78 is 2.97. The van der Waals surface area contributed by atoms with E-state index in [-0.39, 0.29) is 5.91 Å². The molecule has 0 saturated carbocycles. The van der Waals surface area contributed by atoms with Gasteiger partial charge in [-0.3, -0.25) is 9.69 Å². The fourth-order valence-electron chi connectivity index (χ4n) is 3.37. The number of halogens is 3. The first-order valence-electron chi connectivity index (χ1n) is 9.34. The van der Waals surface area contributed by atoms with E-state index in [0.717, 1.165) is 35.2 Å². The summed E-state index contributed by atoms with van der Waals surface area (Å²) in [7, 11) is 0. The average molecular weight is 573 g/mol. The van der Waals surface area contributed by atoms with Gasteiger partial charge in [0.2, 0.25) is 0 Å². The second kappa shape index (κ2) is 8.36. The predicted octanol–water partition coefficient (Wildman–Crippen LogP) is 7.91. The van der Waals surface area contributed by atoms with Crippen molar-refractivity contribution >= 4 is 88.4 Å². The maximum Gasteiger partial charge on any atom is 0.282 e. The number of carbonyl (C=O) groups excluding carboxylic acids is 1. The molecule has 152 valence electrons. The fourth-order valence-corrected chi connectivity index (χ4v) is 5.40. The van der Waals surface area contributed by atoms with Crippen LogP contribution in [0.25, 0.3) is 16.2 Å². The molecule has 0 atom stereocenters. The van der Waals surface area contributed by atoms with Crippen LogP contribution in [-0.2, 0) is 4.79 Å². The number of anilines is 1. The van der Waals surface area contributed by atoms with Gasteiger partial charge in [0.15, 0.2) is 5.84 Å². The minimum atomic E-state index is -0.186. The molecule has 1 amide bonds. The Morgan fingerprint density at radius 2 is 1.55 bits per heavy atom. The number of nitrogens with zero attached hydrogens (tertiary/aromatic N) is 2.